The van der Waals surface area contributed by atoms with Crippen molar-refractivity contribution in [3.63, 3.8) is 0 Å². The van der Waals surface area contributed by atoms with Crippen LogP contribution in [0.4, 0.5) is 0 Å². The summed E-state index contributed by atoms with van der Waals surface area (Å²) in [6, 6.07) is 8.23. The number of carboxylic acid groups (broad SMARTS) is 1. The fourth-order valence-corrected chi connectivity index (χ4v) is 5.98. The van der Waals surface area contributed by atoms with Crippen LogP contribution in [0.25, 0.3) is 0 Å². The van der Waals surface area contributed by atoms with Gasteiger partial charge in [0.15, 0.2) is 18.2 Å². The summed E-state index contributed by atoms with van der Waals surface area (Å²) >= 11 is 0. The number of rotatable bonds is 11. The van der Waals surface area contributed by atoms with Crippen LogP contribution in [0.15, 0.2) is 36.4 Å². The van der Waals surface area contributed by atoms with Crippen molar-refractivity contribution in [1.29, 1.82) is 0 Å². The number of Topliss-reactive ketones (excluding diaryl/α,β-unsaturated/α-hetero) is 1. The number of aliphatic hydroxyl groups excluding tert-OH is 5. The molecule has 51 heavy (non-hydrogen) atoms. The molecule has 3 aliphatic rings. The molecule has 3 heterocycles. The van der Waals surface area contributed by atoms with Crippen molar-refractivity contribution in [1.82, 2.24) is 0 Å². The molecule has 0 saturated carbocycles. The molecule has 0 amide bonds. The van der Waals surface area contributed by atoms with Gasteiger partial charge in [0.1, 0.15) is 77.9 Å². The zero-order chi connectivity index (χ0) is 37.4. The molecule has 2 fully saturated rings. The Hall–Kier alpha value is -4.11. The highest BCUT2D eigenvalue weighted by Crippen LogP contribution is 2.43. The third kappa shape index (κ3) is 8.68. The van der Waals surface area contributed by atoms with E-state index in [1.807, 2.05) is 0 Å². The maximum atomic E-state index is 13.0. The van der Waals surface area contributed by atoms with Crippen LogP contribution in [0.5, 0.6) is 23.0 Å². The number of fused-ring (bicyclic) bond motifs is 1. The first-order valence-corrected chi connectivity index (χ1v) is 15.9. The Morgan fingerprint density at radius 1 is 0.902 bits per heavy atom. The second-order valence-electron chi connectivity index (χ2n) is 13.0. The number of phenols is 2. The number of benzene rings is 2. The van der Waals surface area contributed by atoms with Gasteiger partial charge in [-0.05, 0) is 31.5 Å². The maximum absolute atomic E-state index is 13.0. The van der Waals surface area contributed by atoms with Gasteiger partial charge in [0.25, 0.3) is 0 Å². The Morgan fingerprint density at radius 3 is 2.25 bits per heavy atom. The molecule has 2 saturated heterocycles. The van der Waals surface area contributed by atoms with Crippen LogP contribution in [0.1, 0.15) is 55.1 Å². The lowest BCUT2D eigenvalue weighted by Gasteiger charge is -2.45. The Morgan fingerprint density at radius 2 is 1.59 bits per heavy atom. The molecule has 18 heteroatoms. The molecule has 9 N–H and O–H groups in total. The van der Waals surface area contributed by atoms with Crippen LogP contribution in [0.2, 0.25) is 0 Å². The maximum Gasteiger partial charge on any atom is 0.308 e. The molecule has 0 aliphatic carbocycles. The van der Waals surface area contributed by atoms with Gasteiger partial charge in [-0.2, -0.15) is 0 Å². The number of esters is 1. The number of carbonyl (C=O) groups is 3. The summed E-state index contributed by atoms with van der Waals surface area (Å²) < 4.78 is 34.1. The molecule has 0 bridgehead atoms. The summed E-state index contributed by atoms with van der Waals surface area (Å²) in [6.07, 6.45) is -19.1. The topological polar surface area (TPSA) is 289 Å². The number of ketones is 1. The SMILES string of the molecule is C[C@@H]1O[C@@H](O[C@@H]2[C@@H](Oc3cc(O)c4c(c3)O[C@H](c3ccc(O)cc3)CC4=O)O[C@@H](COC(=O)C[C@@](C)(O)CC(=O)O)[C@H](O)[C@H]2O)[C@@H](O)[C@H](O)[C@H]1O. The lowest BCUT2D eigenvalue weighted by molar-refractivity contribution is -0.354. The van der Waals surface area contributed by atoms with Gasteiger partial charge in [0, 0.05) is 12.1 Å². The highest BCUT2D eigenvalue weighted by molar-refractivity contribution is 6.02. The molecule has 2 aromatic carbocycles. The molecule has 3 aliphatic heterocycles. The van der Waals surface area contributed by atoms with E-state index in [0.29, 0.717) is 5.56 Å². The molecule has 18 nitrogen and oxygen atoms in total. The van der Waals surface area contributed by atoms with Crippen molar-refractivity contribution in [2.24, 2.45) is 0 Å². The molecule has 2 aromatic rings. The van der Waals surface area contributed by atoms with Crippen LogP contribution in [-0.4, -0.2) is 137 Å². The average Bonchev–Trinajstić information content (AvgIpc) is 3.04. The summed E-state index contributed by atoms with van der Waals surface area (Å²) in [5.41, 5.74) is -1.56. The highest BCUT2D eigenvalue weighted by Gasteiger charge is 2.51. The van der Waals surface area contributed by atoms with E-state index in [1.54, 1.807) is 12.1 Å². The second-order valence-corrected chi connectivity index (χ2v) is 13.0. The van der Waals surface area contributed by atoms with Crippen LogP contribution >= 0.6 is 0 Å². The van der Waals surface area contributed by atoms with Crippen LogP contribution in [-0.2, 0) is 28.5 Å². The Kier molecular flexibility index (Phi) is 11.4. The number of aliphatic carboxylic acids is 1. The summed E-state index contributed by atoms with van der Waals surface area (Å²) in [5, 5.41) is 92.7. The molecular weight excluding hydrogens is 684 g/mol. The predicted molar refractivity (Wildman–Crippen MR) is 166 cm³/mol. The van der Waals surface area contributed by atoms with Crippen molar-refractivity contribution in [2.45, 2.75) is 106 Å². The van der Waals surface area contributed by atoms with Gasteiger partial charge in [-0.3, -0.25) is 14.4 Å². The average molecular weight is 725 g/mol. The number of ether oxygens (including phenoxy) is 6. The normalized spacial score (nSPS) is 33.3. The second kappa shape index (κ2) is 15.2. The van der Waals surface area contributed by atoms with Crippen molar-refractivity contribution in [3.05, 3.63) is 47.5 Å². The minimum absolute atomic E-state index is 0.00408. The fourth-order valence-electron chi connectivity index (χ4n) is 5.98. The highest BCUT2D eigenvalue weighted by atomic mass is 16.8. The monoisotopic (exact) mass is 724 g/mol. The third-order valence-corrected chi connectivity index (χ3v) is 8.70. The first kappa shape index (κ1) is 38.1. The van der Waals surface area contributed by atoms with E-state index < -0.39 is 116 Å². The molecule has 280 valence electrons. The van der Waals surface area contributed by atoms with E-state index in [-0.39, 0.29) is 29.2 Å². The van der Waals surface area contributed by atoms with Gasteiger partial charge in [-0.25, -0.2) is 0 Å². The zero-order valence-electron chi connectivity index (χ0n) is 27.3. The molecule has 0 unspecified atom stereocenters. The number of hydrogen-bond donors (Lipinski definition) is 9. The summed E-state index contributed by atoms with van der Waals surface area (Å²) in [7, 11) is 0. The summed E-state index contributed by atoms with van der Waals surface area (Å²) in [5.74, 6) is -3.74. The van der Waals surface area contributed by atoms with E-state index in [9.17, 15) is 55.2 Å². The first-order chi connectivity index (χ1) is 23.9. The van der Waals surface area contributed by atoms with E-state index >= 15 is 0 Å². The van der Waals surface area contributed by atoms with Crippen molar-refractivity contribution in [2.75, 3.05) is 6.61 Å². The first-order valence-electron chi connectivity index (χ1n) is 15.9. The molecule has 12 atom stereocenters. The van der Waals surface area contributed by atoms with Crippen LogP contribution < -0.4 is 9.47 Å². The fraction of sp³-hybridized carbons (Fsp3) is 0.545. The van der Waals surface area contributed by atoms with E-state index in [2.05, 4.69) is 0 Å². The summed E-state index contributed by atoms with van der Waals surface area (Å²) in [4.78, 5) is 36.5. The van der Waals surface area contributed by atoms with Gasteiger partial charge in [-0.1, -0.05) is 12.1 Å². The van der Waals surface area contributed by atoms with E-state index in [1.165, 1.54) is 25.1 Å². The number of carbonyl (C=O) groups excluding carboxylic acids is 2. The standard InChI is InChI=1S/C33H40O18/c1-13-25(40)27(42)29(44)31(47-13)51-30-28(43)26(41)21(12-46-23(39)11-33(2,45)10-22(37)38)50-32(30)48-16-7-17(35)24-18(36)9-19(49-20(24)8-16)14-3-5-15(34)6-4-14/h3-8,13,19,21,25-32,34-35,40-45H,9-12H2,1-2H3,(H,37,38)/t13-,19-,21-,25-,26-,27+,28+,29-,30-,31-,32-,33-/m0/s1. The van der Waals surface area contributed by atoms with E-state index in [0.717, 1.165) is 13.0 Å². The molecule has 5 rings (SSSR count). The van der Waals surface area contributed by atoms with Gasteiger partial charge < -0.3 is 74.4 Å². The van der Waals surface area contributed by atoms with Gasteiger partial charge >= 0.3 is 11.9 Å². The molecular formula is C33H40O18. The number of hydrogen-bond acceptors (Lipinski definition) is 17. The van der Waals surface area contributed by atoms with Crippen LogP contribution in [0, 0.1) is 0 Å². The zero-order valence-corrected chi connectivity index (χ0v) is 27.3. The predicted octanol–water partition coefficient (Wildman–Crippen LogP) is -0.998. The smallest absolute Gasteiger partial charge is 0.308 e. The van der Waals surface area contributed by atoms with E-state index in [4.69, 9.17) is 33.5 Å². The summed E-state index contributed by atoms with van der Waals surface area (Å²) in [6.45, 7) is 1.76. The van der Waals surface area contributed by atoms with Gasteiger partial charge in [0.05, 0.1) is 31.0 Å². The van der Waals surface area contributed by atoms with Crippen molar-refractivity contribution < 1.29 is 88.8 Å². The Balaban J connectivity index is 1.39. The van der Waals surface area contributed by atoms with Gasteiger partial charge in [0.2, 0.25) is 6.29 Å². The molecule has 0 spiro atoms. The quantitative estimate of drug-likeness (QED) is 0.126. The number of aliphatic hydroxyl groups is 6. The largest absolute Gasteiger partial charge is 0.508 e. The number of carboxylic acids is 1. The molecule has 0 radical (unpaired) electrons. The Labute approximate surface area is 289 Å². The Bertz CT molecular complexity index is 1580. The number of phenolic OH excluding ortho intramolecular Hbond substituents is 2. The molecule has 0 aromatic heterocycles. The van der Waals surface area contributed by atoms with Crippen molar-refractivity contribution in [3.8, 4) is 23.0 Å². The van der Waals surface area contributed by atoms with Crippen LogP contribution in [0.3, 0.4) is 0 Å². The lowest BCUT2D eigenvalue weighted by Crippen LogP contribution is -2.64. The minimum Gasteiger partial charge on any atom is -0.508 e. The third-order valence-electron chi connectivity index (χ3n) is 8.70. The minimum atomic E-state index is -1.96. The number of aromatic hydroxyl groups is 2. The van der Waals surface area contributed by atoms with Crippen molar-refractivity contribution >= 4 is 17.7 Å². The van der Waals surface area contributed by atoms with Gasteiger partial charge in [-0.15, -0.1) is 0 Å². The lowest BCUT2D eigenvalue weighted by atomic mass is 9.95.